The number of nitrogens with one attached hydrogen (secondary N) is 1. The quantitative estimate of drug-likeness (QED) is 0.517. The van der Waals surface area contributed by atoms with Crippen molar-refractivity contribution in [1.29, 1.82) is 0 Å². The van der Waals surface area contributed by atoms with E-state index < -0.39 is 6.04 Å². The number of hydrogen-bond acceptors (Lipinski definition) is 3. The molecule has 0 aliphatic carbocycles. The van der Waals surface area contributed by atoms with Gasteiger partial charge in [0.25, 0.3) is 5.91 Å². The summed E-state index contributed by atoms with van der Waals surface area (Å²) in [6.07, 6.45) is 2.06. The van der Waals surface area contributed by atoms with E-state index in [1.54, 1.807) is 17.0 Å². The molecular weight excluding hydrogens is 444 g/mol. The summed E-state index contributed by atoms with van der Waals surface area (Å²) in [6.45, 7) is 6.27. The Labute approximate surface area is 187 Å². The smallest absolute Gasteiger partial charge is 0.261 e. The predicted octanol–water partition coefficient (Wildman–Crippen LogP) is 4.59. The molecule has 0 bridgehead atoms. The molecule has 30 heavy (non-hydrogen) atoms. The van der Waals surface area contributed by atoms with E-state index in [4.69, 9.17) is 4.74 Å². The van der Waals surface area contributed by atoms with Crippen molar-refractivity contribution >= 4 is 27.7 Å². The number of ether oxygens (including phenoxy) is 1. The fourth-order valence-corrected chi connectivity index (χ4v) is 3.36. The topological polar surface area (TPSA) is 58.6 Å². The van der Waals surface area contributed by atoms with E-state index in [1.807, 2.05) is 63.2 Å². The molecule has 0 saturated carbocycles. The summed E-state index contributed by atoms with van der Waals surface area (Å²) in [6, 6.07) is 16.9. The number of nitrogens with zero attached hydrogens (tertiary/aromatic N) is 1. The lowest BCUT2D eigenvalue weighted by molar-refractivity contribution is -0.142. The third kappa shape index (κ3) is 7.48. The van der Waals surface area contributed by atoms with Gasteiger partial charge in [0.1, 0.15) is 11.8 Å². The van der Waals surface area contributed by atoms with Crippen LogP contribution in [0.5, 0.6) is 5.75 Å². The lowest BCUT2D eigenvalue weighted by atomic mass is 10.1. The predicted molar refractivity (Wildman–Crippen MR) is 123 cm³/mol. The minimum absolute atomic E-state index is 0.0663. The first-order chi connectivity index (χ1) is 14.4. The van der Waals surface area contributed by atoms with Crippen molar-refractivity contribution in [2.75, 3.05) is 13.2 Å². The largest absolute Gasteiger partial charge is 0.484 e. The standard InChI is InChI=1S/C24H31BrN2O3/c1-4-18(3)26-24(29)22(5-2)27(16-15-19-9-7-6-8-10-19)23(28)17-30-21-13-11-20(25)12-14-21/h6-14,18,22H,4-5,15-17H2,1-3H3,(H,26,29)/t18-,22+/m0/s1. The zero-order valence-corrected chi connectivity index (χ0v) is 19.5. The van der Waals surface area contributed by atoms with Crippen LogP contribution in [0.15, 0.2) is 59.1 Å². The average Bonchev–Trinajstić information content (AvgIpc) is 2.76. The van der Waals surface area contributed by atoms with Gasteiger partial charge in [0.15, 0.2) is 6.61 Å². The summed E-state index contributed by atoms with van der Waals surface area (Å²) in [4.78, 5) is 27.6. The zero-order chi connectivity index (χ0) is 21.9. The third-order valence-electron chi connectivity index (χ3n) is 5.05. The van der Waals surface area contributed by atoms with Gasteiger partial charge in [-0.1, -0.05) is 60.1 Å². The molecule has 6 heteroatoms. The summed E-state index contributed by atoms with van der Waals surface area (Å²) < 4.78 is 6.63. The third-order valence-corrected chi connectivity index (χ3v) is 5.58. The van der Waals surface area contributed by atoms with E-state index in [0.29, 0.717) is 25.1 Å². The minimum Gasteiger partial charge on any atom is -0.484 e. The molecule has 2 aromatic carbocycles. The fourth-order valence-electron chi connectivity index (χ4n) is 3.10. The van der Waals surface area contributed by atoms with Gasteiger partial charge in [0.2, 0.25) is 5.91 Å². The van der Waals surface area contributed by atoms with Gasteiger partial charge in [0.05, 0.1) is 0 Å². The highest BCUT2D eigenvalue weighted by Crippen LogP contribution is 2.17. The molecule has 0 spiro atoms. The Balaban J connectivity index is 2.11. The molecule has 0 radical (unpaired) electrons. The zero-order valence-electron chi connectivity index (χ0n) is 17.9. The first-order valence-electron chi connectivity index (χ1n) is 10.5. The molecule has 2 aromatic rings. The van der Waals surface area contributed by atoms with Gasteiger partial charge in [-0.3, -0.25) is 9.59 Å². The van der Waals surface area contributed by atoms with Crippen LogP contribution in [-0.4, -0.2) is 41.9 Å². The second kappa shape index (κ2) is 12.4. The summed E-state index contributed by atoms with van der Waals surface area (Å²) in [5, 5.41) is 3.02. The number of carbonyl (C=O) groups is 2. The molecule has 0 unspecified atom stereocenters. The monoisotopic (exact) mass is 474 g/mol. The fraction of sp³-hybridized carbons (Fsp3) is 0.417. The van der Waals surface area contributed by atoms with Gasteiger partial charge < -0.3 is 15.0 Å². The SMILES string of the molecule is CC[C@H](C(=O)N[C@@H](C)CC)N(CCc1ccccc1)C(=O)COc1ccc(Br)cc1. The molecule has 2 amide bonds. The van der Waals surface area contributed by atoms with Crippen LogP contribution < -0.4 is 10.1 Å². The van der Waals surface area contributed by atoms with Gasteiger partial charge in [-0.05, 0) is 56.0 Å². The Kier molecular flexibility index (Phi) is 9.87. The van der Waals surface area contributed by atoms with E-state index in [9.17, 15) is 9.59 Å². The number of carbonyl (C=O) groups excluding carboxylic acids is 2. The van der Waals surface area contributed by atoms with Crippen LogP contribution in [0.1, 0.15) is 39.2 Å². The van der Waals surface area contributed by atoms with E-state index in [2.05, 4.69) is 21.2 Å². The Hall–Kier alpha value is -2.34. The van der Waals surface area contributed by atoms with Crippen LogP contribution in [0.2, 0.25) is 0 Å². The Morgan fingerprint density at radius 3 is 2.30 bits per heavy atom. The summed E-state index contributed by atoms with van der Waals surface area (Å²) in [7, 11) is 0. The molecule has 2 atom stereocenters. The second-order valence-electron chi connectivity index (χ2n) is 7.31. The molecule has 0 heterocycles. The Morgan fingerprint density at radius 2 is 1.70 bits per heavy atom. The molecule has 0 aliphatic heterocycles. The molecule has 162 valence electrons. The molecule has 0 fully saturated rings. The maximum atomic E-state index is 13.1. The molecule has 1 N–H and O–H groups in total. The van der Waals surface area contributed by atoms with Crippen molar-refractivity contribution in [3.8, 4) is 5.75 Å². The minimum atomic E-state index is -0.524. The van der Waals surface area contributed by atoms with Gasteiger partial charge in [-0.25, -0.2) is 0 Å². The van der Waals surface area contributed by atoms with Crippen molar-refractivity contribution in [3.05, 3.63) is 64.6 Å². The van der Waals surface area contributed by atoms with E-state index in [-0.39, 0.29) is 24.5 Å². The molecule has 0 saturated heterocycles. The summed E-state index contributed by atoms with van der Waals surface area (Å²) in [5.41, 5.74) is 1.13. The van der Waals surface area contributed by atoms with Crippen LogP contribution in [0.3, 0.4) is 0 Å². The molecule has 0 aliphatic rings. The van der Waals surface area contributed by atoms with E-state index in [1.165, 1.54) is 0 Å². The lowest BCUT2D eigenvalue weighted by Gasteiger charge is -2.31. The number of hydrogen-bond donors (Lipinski definition) is 1. The number of benzene rings is 2. The van der Waals surface area contributed by atoms with Crippen LogP contribution in [0.25, 0.3) is 0 Å². The summed E-state index contributed by atoms with van der Waals surface area (Å²) >= 11 is 3.39. The number of halogens is 1. The van der Waals surface area contributed by atoms with Crippen molar-refractivity contribution in [2.24, 2.45) is 0 Å². The highest BCUT2D eigenvalue weighted by atomic mass is 79.9. The number of amides is 2. The highest BCUT2D eigenvalue weighted by molar-refractivity contribution is 9.10. The highest BCUT2D eigenvalue weighted by Gasteiger charge is 2.29. The van der Waals surface area contributed by atoms with Crippen LogP contribution in [0, 0.1) is 0 Å². The van der Waals surface area contributed by atoms with Gasteiger partial charge in [0, 0.05) is 17.1 Å². The van der Waals surface area contributed by atoms with Crippen molar-refractivity contribution in [2.45, 2.75) is 52.1 Å². The molecule has 0 aromatic heterocycles. The first kappa shape index (κ1) is 23.9. The molecular formula is C24H31BrN2O3. The van der Waals surface area contributed by atoms with Gasteiger partial charge in [-0.15, -0.1) is 0 Å². The van der Waals surface area contributed by atoms with Gasteiger partial charge in [-0.2, -0.15) is 0 Å². The maximum absolute atomic E-state index is 13.1. The van der Waals surface area contributed by atoms with Crippen LogP contribution in [0.4, 0.5) is 0 Å². The first-order valence-corrected chi connectivity index (χ1v) is 11.3. The van der Waals surface area contributed by atoms with Crippen molar-refractivity contribution in [3.63, 3.8) is 0 Å². The van der Waals surface area contributed by atoms with Crippen molar-refractivity contribution < 1.29 is 14.3 Å². The number of rotatable bonds is 11. The van der Waals surface area contributed by atoms with Crippen LogP contribution in [-0.2, 0) is 16.0 Å². The lowest BCUT2D eigenvalue weighted by Crippen LogP contribution is -2.52. The normalized spacial score (nSPS) is 12.7. The summed E-state index contributed by atoms with van der Waals surface area (Å²) in [5.74, 6) is 0.309. The van der Waals surface area contributed by atoms with E-state index in [0.717, 1.165) is 16.5 Å². The maximum Gasteiger partial charge on any atom is 0.261 e. The molecule has 5 nitrogen and oxygen atoms in total. The Morgan fingerprint density at radius 1 is 1.03 bits per heavy atom. The second-order valence-corrected chi connectivity index (χ2v) is 8.22. The van der Waals surface area contributed by atoms with Crippen LogP contribution >= 0.6 is 15.9 Å². The Bertz CT molecular complexity index is 796. The van der Waals surface area contributed by atoms with E-state index >= 15 is 0 Å². The molecule has 2 rings (SSSR count). The van der Waals surface area contributed by atoms with Crippen molar-refractivity contribution in [1.82, 2.24) is 10.2 Å². The average molecular weight is 475 g/mol. The van der Waals surface area contributed by atoms with Gasteiger partial charge >= 0.3 is 0 Å².